The van der Waals surface area contributed by atoms with Crippen molar-refractivity contribution in [1.29, 1.82) is 21.0 Å². The van der Waals surface area contributed by atoms with Crippen molar-refractivity contribution in [2.24, 2.45) is 0 Å². The van der Waals surface area contributed by atoms with E-state index >= 15 is 0 Å². The van der Waals surface area contributed by atoms with Crippen LogP contribution in [-0.4, -0.2) is 47.1 Å². The summed E-state index contributed by atoms with van der Waals surface area (Å²) in [6, 6.07) is 17.5. The van der Waals surface area contributed by atoms with Gasteiger partial charge in [0.25, 0.3) is 11.8 Å². The maximum absolute atomic E-state index is 14.8. The molecule has 8 nitrogen and oxygen atoms in total. The molecule has 0 atom stereocenters. The largest absolute Gasteiger partial charge is 0.419 e. The standard InChI is InChI=1S/C44H34F6N6O2S4/c1-3-5-7-9-19-55-39(33-17-13-29(61-33)27-11-15-31(59-27)37(43(45,46)47)25(21-51)22-52)35-36(41(55)57)40(56(42(35)58)20-10-8-6-4-2)34-18-14-30(62-34)28-12-16-32(60-28)38(44(48,49)50)26(23-53)24-54/h11-18H,3-10,19-20H2,1-2H3. The molecule has 0 aromatic carbocycles. The van der Waals surface area contributed by atoms with Gasteiger partial charge in [0.05, 0.1) is 32.3 Å². The van der Waals surface area contributed by atoms with Gasteiger partial charge in [-0.2, -0.15) is 47.4 Å². The van der Waals surface area contributed by atoms with E-state index in [0.29, 0.717) is 53.5 Å². The van der Waals surface area contributed by atoms with Crippen molar-refractivity contribution in [3.63, 3.8) is 0 Å². The Balaban J connectivity index is 1.47. The Morgan fingerprint density at radius 2 is 0.823 bits per heavy atom. The Kier molecular flexibility index (Phi) is 14.1. The van der Waals surface area contributed by atoms with Gasteiger partial charge in [-0.25, -0.2) is 0 Å². The van der Waals surface area contributed by atoms with Gasteiger partial charge in [0.2, 0.25) is 0 Å². The molecule has 18 heteroatoms. The number of nitriles is 4. The predicted molar refractivity (Wildman–Crippen MR) is 229 cm³/mol. The molecular weight excluding hydrogens is 887 g/mol. The van der Waals surface area contributed by atoms with Crippen LogP contribution < -0.4 is 0 Å². The van der Waals surface area contributed by atoms with Crippen LogP contribution in [0.2, 0.25) is 0 Å². The van der Waals surface area contributed by atoms with E-state index in [1.165, 1.54) is 71.2 Å². The van der Waals surface area contributed by atoms with Crippen LogP contribution in [0.25, 0.3) is 42.0 Å². The van der Waals surface area contributed by atoms with Crippen LogP contribution in [0.1, 0.15) is 84.7 Å². The highest BCUT2D eigenvalue weighted by Gasteiger charge is 2.49. The summed E-state index contributed by atoms with van der Waals surface area (Å²) in [6.07, 6.45) is -3.33. The summed E-state index contributed by atoms with van der Waals surface area (Å²) in [4.78, 5) is 35.1. The second kappa shape index (κ2) is 19.1. The average molecular weight is 921 g/mol. The van der Waals surface area contributed by atoms with Crippen LogP contribution in [0.15, 0.2) is 70.8 Å². The lowest BCUT2D eigenvalue weighted by Gasteiger charge is -2.24. The fraction of sp³-hybridized carbons (Fsp3) is 0.318. The monoisotopic (exact) mass is 920 g/mol. The molecule has 0 saturated heterocycles. The van der Waals surface area contributed by atoms with Gasteiger partial charge in [0.15, 0.2) is 0 Å². The average Bonchev–Trinajstić information content (AvgIpc) is 4.09. The number of halogens is 6. The lowest BCUT2D eigenvalue weighted by molar-refractivity contribution is -0.124. The summed E-state index contributed by atoms with van der Waals surface area (Å²) in [6.45, 7) is 4.68. The minimum absolute atomic E-state index is 0.195. The van der Waals surface area contributed by atoms with E-state index in [2.05, 4.69) is 13.8 Å². The van der Waals surface area contributed by atoms with E-state index in [9.17, 15) is 57.0 Å². The smallest absolute Gasteiger partial charge is 0.306 e. The lowest BCUT2D eigenvalue weighted by atomic mass is 10.1. The number of amides is 2. The van der Waals surface area contributed by atoms with Crippen LogP contribution in [0.4, 0.5) is 26.3 Å². The highest BCUT2D eigenvalue weighted by atomic mass is 32.1. The molecule has 0 aliphatic carbocycles. The first-order valence-electron chi connectivity index (χ1n) is 19.4. The molecule has 4 aromatic heterocycles. The zero-order valence-electron chi connectivity index (χ0n) is 33.1. The van der Waals surface area contributed by atoms with Gasteiger partial charge in [-0.15, -0.1) is 45.3 Å². The van der Waals surface area contributed by atoms with Crippen molar-refractivity contribution in [2.75, 3.05) is 13.1 Å². The zero-order valence-corrected chi connectivity index (χ0v) is 36.4. The van der Waals surface area contributed by atoms with E-state index in [-0.39, 0.29) is 34.0 Å². The first-order valence-corrected chi connectivity index (χ1v) is 22.7. The number of hydrogen-bond donors (Lipinski definition) is 0. The second-order valence-electron chi connectivity index (χ2n) is 14.1. The molecule has 6 heterocycles. The van der Waals surface area contributed by atoms with Gasteiger partial charge in [0.1, 0.15) is 46.6 Å². The lowest BCUT2D eigenvalue weighted by Crippen LogP contribution is -2.30. The molecule has 0 bridgehead atoms. The number of alkyl halides is 6. The maximum Gasteiger partial charge on any atom is 0.419 e. The van der Waals surface area contributed by atoms with Crippen LogP contribution in [0.5, 0.6) is 0 Å². The SMILES string of the molecule is CCCCCCN1C(=O)C2=C(c3ccc(-c4ccc(C(=C(C#N)C#N)C(F)(F)F)s4)s3)N(CCCCCC)C(=O)C2=C1c1ccc(-c2ccc(C(=C(C#N)C#N)C(F)(F)F)s2)s1. The van der Waals surface area contributed by atoms with Crippen LogP contribution >= 0.6 is 45.3 Å². The van der Waals surface area contributed by atoms with E-state index in [1.807, 2.05) is 0 Å². The second-order valence-corrected chi connectivity index (χ2v) is 18.4. The first-order chi connectivity index (χ1) is 29.6. The van der Waals surface area contributed by atoms with Crippen molar-refractivity contribution >= 4 is 79.7 Å². The number of fused-ring (bicyclic) bond motifs is 1. The third kappa shape index (κ3) is 9.06. The van der Waals surface area contributed by atoms with E-state index in [4.69, 9.17) is 0 Å². The van der Waals surface area contributed by atoms with Crippen molar-refractivity contribution < 1.29 is 35.9 Å². The Hall–Kier alpha value is -5.76. The van der Waals surface area contributed by atoms with Crippen molar-refractivity contribution in [3.8, 4) is 43.8 Å². The predicted octanol–water partition coefficient (Wildman–Crippen LogP) is 13.0. The van der Waals surface area contributed by atoms with Crippen LogP contribution in [0, 0.1) is 45.3 Å². The Morgan fingerprint density at radius 1 is 0.500 bits per heavy atom. The fourth-order valence-electron chi connectivity index (χ4n) is 7.22. The summed E-state index contributed by atoms with van der Waals surface area (Å²) in [5, 5.41) is 37.1. The molecular formula is C44H34F6N6O2S4. The minimum Gasteiger partial charge on any atom is -0.306 e. The maximum atomic E-state index is 14.8. The van der Waals surface area contributed by atoms with Gasteiger partial charge in [-0.05, 0) is 61.4 Å². The van der Waals surface area contributed by atoms with Crippen molar-refractivity contribution in [1.82, 2.24) is 9.80 Å². The molecule has 2 amide bonds. The Bertz CT molecular complexity index is 2500. The number of nitrogens with zero attached hydrogens (tertiary/aromatic N) is 6. The number of hydrogen-bond acceptors (Lipinski definition) is 10. The summed E-state index contributed by atoms with van der Waals surface area (Å²) in [5.41, 5.74) is -3.61. The molecule has 6 rings (SSSR count). The molecule has 318 valence electrons. The topological polar surface area (TPSA) is 136 Å². The number of thiophene rings is 4. The van der Waals surface area contributed by atoms with E-state index < -0.39 is 46.5 Å². The number of carbonyl (C=O) groups is 2. The van der Waals surface area contributed by atoms with Gasteiger partial charge in [-0.1, -0.05) is 52.4 Å². The number of allylic oxidation sites excluding steroid dienone is 4. The number of rotatable bonds is 16. The Labute approximate surface area is 369 Å². The molecule has 0 spiro atoms. The molecule has 2 aliphatic heterocycles. The molecule has 0 N–H and O–H groups in total. The van der Waals surface area contributed by atoms with E-state index in [1.54, 1.807) is 34.1 Å². The third-order valence-corrected chi connectivity index (χ3v) is 14.8. The van der Waals surface area contributed by atoms with Gasteiger partial charge in [0, 0.05) is 42.4 Å². The molecule has 0 fully saturated rings. The molecule has 4 aromatic rings. The third-order valence-electron chi connectivity index (χ3n) is 10.0. The summed E-state index contributed by atoms with van der Waals surface area (Å²) in [7, 11) is 0. The normalized spacial score (nSPS) is 13.9. The quantitative estimate of drug-likeness (QED) is 0.0624. The van der Waals surface area contributed by atoms with Gasteiger partial charge >= 0.3 is 12.4 Å². The van der Waals surface area contributed by atoms with Gasteiger partial charge < -0.3 is 9.80 Å². The Morgan fingerprint density at radius 3 is 1.15 bits per heavy atom. The fourth-order valence-corrected chi connectivity index (χ4v) is 11.7. The van der Waals surface area contributed by atoms with Crippen LogP contribution in [-0.2, 0) is 9.59 Å². The van der Waals surface area contributed by atoms with Crippen LogP contribution in [0.3, 0.4) is 0 Å². The summed E-state index contributed by atoms with van der Waals surface area (Å²) >= 11 is 3.90. The zero-order chi connectivity index (χ0) is 44.9. The van der Waals surface area contributed by atoms with Crippen molar-refractivity contribution in [3.05, 3.63) is 90.3 Å². The molecule has 0 radical (unpaired) electrons. The van der Waals surface area contributed by atoms with E-state index in [0.717, 1.165) is 61.2 Å². The molecule has 0 unspecified atom stereocenters. The first kappa shape index (κ1) is 45.8. The minimum atomic E-state index is -4.96. The molecule has 62 heavy (non-hydrogen) atoms. The van der Waals surface area contributed by atoms with Crippen molar-refractivity contribution in [2.45, 2.75) is 77.6 Å². The van der Waals surface area contributed by atoms with Gasteiger partial charge in [-0.3, -0.25) is 9.59 Å². The molecule has 0 saturated carbocycles. The number of unbranched alkanes of at least 4 members (excludes halogenated alkanes) is 6. The summed E-state index contributed by atoms with van der Waals surface area (Å²) < 4.78 is 84.4. The number of carbonyl (C=O) groups excluding carboxylic acids is 2. The highest BCUT2D eigenvalue weighted by Crippen LogP contribution is 2.52. The highest BCUT2D eigenvalue weighted by molar-refractivity contribution is 7.23. The molecule has 2 aliphatic rings. The summed E-state index contributed by atoms with van der Waals surface area (Å²) in [5.74, 6) is -0.790.